The van der Waals surface area contributed by atoms with Crippen LogP contribution in [0.2, 0.25) is 0 Å². The molecule has 0 amide bonds. The number of aromatic nitrogens is 2. The molecule has 0 aromatic carbocycles. The van der Waals surface area contributed by atoms with Crippen molar-refractivity contribution < 1.29 is 30.6 Å². The fourth-order valence-corrected chi connectivity index (χ4v) is 37.7. The van der Waals surface area contributed by atoms with E-state index in [-0.39, 0.29) is 58.2 Å². The minimum absolute atomic E-state index is 0. The molecule has 0 spiro atoms. The predicted molar refractivity (Wildman–Crippen MR) is 434 cm³/mol. The van der Waals surface area contributed by atoms with Crippen LogP contribution in [0.25, 0.3) is 0 Å². The van der Waals surface area contributed by atoms with Crippen LogP contribution >= 0.6 is 23.5 Å². The second kappa shape index (κ2) is 27.3. The molecule has 0 bridgehead atoms. The van der Waals surface area contributed by atoms with Gasteiger partial charge in [0.25, 0.3) is 0 Å². The maximum absolute atomic E-state index is 11.0. The van der Waals surface area contributed by atoms with Gasteiger partial charge in [0, 0.05) is 42.7 Å². The second-order valence-electron chi connectivity index (χ2n) is 44.5. The third-order valence-electron chi connectivity index (χ3n) is 41.0. The topological polar surface area (TPSA) is 147 Å². The minimum Gasteiger partial charge on any atom is -0.396 e. The van der Waals surface area contributed by atoms with Crippen molar-refractivity contribution in [2.24, 2.45) is 158 Å². The molecular weight excluding hydrogens is 1330 g/mol. The smallest absolute Gasteiger partial charge is 0.0962 e. The number of rotatable bonds is 8. The van der Waals surface area contributed by atoms with E-state index >= 15 is 0 Å². The molecule has 0 saturated heterocycles. The summed E-state index contributed by atoms with van der Waals surface area (Å²) in [6, 6.07) is 12.6. The molecule has 8 nitrogen and oxygen atoms in total. The lowest BCUT2D eigenvalue weighted by molar-refractivity contribution is -0.249. The average Bonchev–Trinajstić information content (AvgIpc) is 1.59. The van der Waals surface area contributed by atoms with E-state index in [0.717, 1.165) is 53.0 Å². The van der Waals surface area contributed by atoms with Crippen molar-refractivity contribution in [3.05, 3.63) is 60.9 Å². The lowest BCUT2D eigenvalue weighted by atomic mass is 9.32. The van der Waals surface area contributed by atoms with Gasteiger partial charge in [-0.1, -0.05) is 136 Å². The molecule has 10 heteroatoms. The largest absolute Gasteiger partial charge is 0.396 e. The molecule has 15 aliphatic rings. The first-order valence-corrected chi connectivity index (χ1v) is 45.3. The van der Waals surface area contributed by atoms with Crippen molar-refractivity contribution in [3.8, 4) is 0 Å². The van der Waals surface area contributed by atoms with Crippen LogP contribution in [0.15, 0.2) is 71.0 Å². The van der Waals surface area contributed by atoms with Gasteiger partial charge in [-0.05, 0) is 382 Å². The van der Waals surface area contributed by atoms with Crippen LogP contribution in [0.3, 0.4) is 0 Å². The summed E-state index contributed by atoms with van der Waals surface area (Å²) in [7, 11) is 0. The van der Waals surface area contributed by atoms with Gasteiger partial charge >= 0.3 is 0 Å². The van der Waals surface area contributed by atoms with Gasteiger partial charge in [0.15, 0.2) is 0 Å². The Bertz CT molecular complexity index is 3300. The van der Waals surface area contributed by atoms with Crippen LogP contribution in [0, 0.1) is 158 Å². The highest BCUT2D eigenvalue weighted by molar-refractivity contribution is 8.00. The molecule has 2 aromatic heterocycles. The first-order chi connectivity index (χ1) is 48.9. The number of hydrogen-bond acceptors (Lipinski definition) is 10. The number of nitrogens with zero attached hydrogens (tertiary/aromatic N) is 2. The zero-order valence-corrected chi connectivity index (χ0v) is 70.1. The summed E-state index contributed by atoms with van der Waals surface area (Å²) in [5.41, 5.74) is 4.82. The first kappa shape index (κ1) is 80.1. The minimum atomic E-state index is -0.158. The summed E-state index contributed by atoms with van der Waals surface area (Å²) in [4.78, 5) is 9.37. The van der Waals surface area contributed by atoms with E-state index in [2.05, 4.69) is 152 Å². The van der Waals surface area contributed by atoms with Gasteiger partial charge in [-0.15, -0.1) is 23.5 Å². The van der Waals surface area contributed by atoms with E-state index in [0.29, 0.717) is 132 Å². The van der Waals surface area contributed by atoms with Crippen molar-refractivity contribution in [2.75, 3.05) is 19.8 Å². The van der Waals surface area contributed by atoms with E-state index < -0.39 is 0 Å². The van der Waals surface area contributed by atoms with Crippen molar-refractivity contribution in [1.29, 1.82) is 0 Å². The van der Waals surface area contributed by atoms with Gasteiger partial charge in [-0.2, -0.15) is 0 Å². The van der Waals surface area contributed by atoms with Gasteiger partial charge in [-0.3, -0.25) is 0 Å². The molecule has 17 rings (SSSR count). The highest BCUT2D eigenvalue weighted by Gasteiger charge is 2.75. The number of aliphatic hydroxyl groups excluding tert-OH is 6. The van der Waals surface area contributed by atoms with Gasteiger partial charge in [0.1, 0.15) is 0 Å². The lowest BCUT2D eigenvalue weighted by Crippen LogP contribution is -2.67. The molecule has 15 saturated carbocycles. The van der Waals surface area contributed by atoms with Crippen molar-refractivity contribution in [2.45, 2.75) is 350 Å². The van der Waals surface area contributed by atoms with Crippen molar-refractivity contribution in [3.63, 3.8) is 0 Å². The maximum Gasteiger partial charge on any atom is 0.0962 e. The predicted octanol–water partition coefficient (Wildman–Crippen LogP) is 22.4. The van der Waals surface area contributed by atoms with Crippen LogP contribution < -0.4 is 0 Å². The number of fused-ring (bicyclic) bond motifs is 21. The highest BCUT2D eigenvalue weighted by atomic mass is 32.2. The Morgan fingerprint density at radius 2 is 0.676 bits per heavy atom. The van der Waals surface area contributed by atoms with Gasteiger partial charge in [-0.25, -0.2) is 9.97 Å². The van der Waals surface area contributed by atoms with Crippen LogP contribution in [0.5, 0.6) is 0 Å². The molecule has 0 radical (unpaired) electrons. The van der Waals surface area contributed by atoms with Crippen molar-refractivity contribution in [1.82, 2.24) is 9.97 Å². The van der Waals surface area contributed by atoms with E-state index in [1.165, 1.54) is 179 Å². The standard InChI is InChI=1S/2C32H49NO2S.C30H50O2.CH4/c2*1-28(2)23-12-15-31(5)24(29(23,3)14-13-25(28)35)10-9-21-27-22(36-26-8-6-7-19-33-26)11-16-32(27,20-34)18-17-30(21,31)4;1-19(2)20-10-15-30(18-31)17-16-28(6)21(25(20)30)8-9-23-27(5)13-12-24(32)26(3,4)22(27)11-14-29(23,28)7;/h2*6-8,19,21-25,27,34-35H,9-18,20H2,1-5H3;20-25,31-32H,1,8-18H2,2-7H3;1H4/t21-,22+,23+,24-,25+,27+,29+,30-,31-,32-;21-,22-,23+,24-,25+,27+,29+,30-,31-,32-;20-,21+,22-,23+,24-,25+,27-,28+,29+,30+;/m110./s1. The quantitative estimate of drug-likeness (QED) is 0.141. The fraction of sp³-hybridized carbons (Fsp3) is 0.874. The Labute approximate surface area is 648 Å². The second-order valence-corrected chi connectivity index (χ2v) is 47.0. The highest BCUT2D eigenvalue weighted by Crippen LogP contribution is 2.82. The summed E-state index contributed by atoms with van der Waals surface area (Å²) < 4.78 is 0. The summed E-state index contributed by atoms with van der Waals surface area (Å²) in [5, 5.41) is 68.6. The SMILES string of the molecule is C.C=C(C)[C@@H]1CC[C@]2(CO)CC[C@]3(C)[C@H](CC[C@@H]4[C@@]5(C)CC[C@H](O)C(C)(C)[C@@H]5CC[C@]43C)[C@@H]12.CC1(C)[C@@H](O)CC[C@]2(C)[C@H]3CC[C@@H]4[C@H]5[C@@H](Sc6ccccn6)CC[C@]5(CO)CC[C@@]4(C)[C@]3(C)CC[C@@H]12.CC1(C)[C@@H](O)CC[C@]2(C)[C@H]3CC[C@@H]4[C@H]5[C@H](Sc6ccccn6)CC[C@]5(CO)CC[C@@]4(C)[C@]3(C)CC[C@@H]12. The van der Waals surface area contributed by atoms with Crippen LogP contribution in [-0.4, -0.2) is 89.2 Å². The lowest BCUT2D eigenvalue weighted by Gasteiger charge is -2.73. The Kier molecular flexibility index (Phi) is 20.9. The number of aliphatic hydroxyl groups is 6. The number of thioether (sulfide) groups is 2. The molecular formula is C95H152N2O6S2. The molecule has 15 fully saturated rings. The Balaban J connectivity index is 0.000000132. The monoisotopic (exact) mass is 1480 g/mol. The van der Waals surface area contributed by atoms with E-state index in [4.69, 9.17) is 0 Å². The van der Waals surface area contributed by atoms with E-state index in [1.807, 2.05) is 48.1 Å². The van der Waals surface area contributed by atoms with Gasteiger partial charge in [0.05, 0.1) is 28.4 Å². The molecule has 590 valence electrons. The summed E-state index contributed by atoms with van der Waals surface area (Å²) in [6.07, 6.45) is 40.2. The number of allylic oxidation sites excluding steroid dienone is 1. The summed E-state index contributed by atoms with van der Waals surface area (Å²) >= 11 is 4.00. The third-order valence-corrected chi connectivity index (χ3v) is 43.7. The Morgan fingerprint density at radius 1 is 0.362 bits per heavy atom. The maximum atomic E-state index is 11.0. The molecule has 105 heavy (non-hydrogen) atoms. The average molecular weight is 1480 g/mol. The van der Waals surface area contributed by atoms with Crippen LogP contribution in [-0.2, 0) is 0 Å². The van der Waals surface area contributed by atoms with Crippen molar-refractivity contribution >= 4 is 23.5 Å². The zero-order valence-electron chi connectivity index (χ0n) is 68.4. The fourth-order valence-electron chi connectivity index (χ4n) is 34.8. The molecule has 0 unspecified atom stereocenters. The number of hydrogen-bond donors (Lipinski definition) is 6. The third kappa shape index (κ3) is 11.3. The normalized spacial score (nSPS) is 52.6. The summed E-state index contributed by atoms with van der Waals surface area (Å²) in [5.74, 6) is 8.58. The Morgan fingerprint density at radius 3 is 0.981 bits per heavy atom. The van der Waals surface area contributed by atoms with E-state index in [1.54, 1.807) is 0 Å². The molecule has 30 atom stereocenters. The molecule has 2 heterocycles. The zero-order chi connectivity index (χ0) is 74.4. The van der Waals surface area contributed by atoms with Gasteiger partial charge < -0.3 is 30.6 Å². The first-order valence-electron chi connectivity index (χ1n) is 43.6. The van der Waals surface area contributed by atoms with E-state index in [9.17, 15) is 30.6 Å². The number of pyridine rings is 2. The molecule has 6 N–H and O–H groups in total. The summed E-state index contributed by atoms with van der Waals surface area (Å²) in [6.45, 7) is 45.8. The van der Waals surface area contributed by atoms with Crippen LogP contribution in [0.4, 0.5) is 0 Å². The molecule has 15 aliphatic carbocycles. The molecule has 0 aliphatic heterocycles. The van der Waals surface area contributed by atoms with Gasteiger partial charge in [0.2, 0.25) is 0 Å². The Hall–Kier alpha value is -1.50. The van der Waals surface area contributed by atoms with Crippen LogP contribution in [0.1, 0.15) is 311 Å². The molecule has 2 aromatic rings.